The predicted octanol–water partition coefficient (Wildman–Crippen LogP) is 4.86. The van der Waals surface area contributed by atoms with Crippen LogP contribution in [-0.2, 0) is 17.8 Å². The summed E-state index contributed by atoms with van der Waals surface area (Å²) in [7, 11) is 0. The van der Waals surface area contributed by atoms with Gasteiger partial charge < -0.3 is 9.21 Å². The molecule has 0 unspecified atom stereocenters. The first-order chi connectivity index (χ1) is 14.7. The molecule has 0 N–H and O–H groups in total. The first kappa shape index (κ1) is 18.7. The van der Waals surface area contributed by atoms with Crippen LogP contribution in [-0.4, -0.2) is 29.3 Å². The van der Waals surface area contributed by atoms with Gasteiger partial charge in [-0.2, -0.15) is 0 Å². The molecule has 5 rings (SSSR count). The molecule has 0 atom stereocenters. The van der Waals surface area contributed by atoms with Crippen molar-refractivity contribution >= 4 is 17.3 Å². The molecule has 5 heteroatoms. The number of pyridine rings is 1. The third-order valence-electron chi connectivity index (χ3n) is 5.57. The summed E-state index contributed by atoms with van der Waals surface area (Å²) in [6.07, 6.45) is 3.43. The monoisotopic (exact) mass is 400 g/mol. The Hall–Kier alpha value is -3.31. The Morgan fingerprint density at radius 3 is 2.67 bits per heavy atom. The van der Waals surface area contributed by atoms with Crippen molar-refractivity contribution in [2.24, 2.45) is 5.92 Å². The highest BCUT2D eigenvalue weighted by molar-refractivity contribution is 5.82. The molecule has 4 aromatic rings. The molecule has 2 aromatic heterocycles. The van der Waals surface area contributed by atoms with Gasteiger partial charge >= 0.3 is 0 Å². The summed E-state index contributed by atoms with van der Waals surface area (Å²) in [6.45, 7) is 2.14. The number of nitrogens with zero attached hydrogens (tertiary/aromatic N) is 2. The normalized spacial score (nSPS) is 14.7. The van der Waals surface area contributed by atoms with Crippen LogP contribution in [0.15, 0.2) is 71.3 Å². The summed E-state index contributed by atoms with van der Waals surface area (Å²) in [6, 6.07) is 19.3. The van der Waals surface area contributed by atoms with E-state index in [0.717, 1.165) is 42.4 Å². The van der Waals surface area contributed by atoms with E-state index in [-0.39, 0.29) is 11.7 Å². The number of hydrogen-bond donors (Lipinski definition) is 0. The number of fused-ring (bicyclic) bond motifs is 1. The molecule has 4 nitrogen and oxygen atoms in total. The summed E-state index contributed by atoms with van der Waals surface area (Å²) >= 11 is 0. The van der Waals surface area contributed by atoms with Crippen LogP contribution >= 0.6 is 0 Å². The van der Waals surface area contributed by atoms with Crippen molar-refractivity contribution in [1.29, 1.82) is 0 Å². The Balaban J connectivity index is 1.36. The molecule has 150 valence electrons. The zero-order valence-corrected chi connectivity index (χ0v) is 16.4. The number of rotatable bonds is 6. The molecule has 30 heavy (non-hydrogen) atoms. The number of aromatic nitrogens is 1. The van der Waals surface area contributed by atoms with Crippen molar-refractivity contribution in [3.8, 4) is 11.3 Å². The van der Waals surface area contributed by atoms with E-state index in [1.54, 1.807) is 18.3 Å². The van der Waals surface area contributed by atoms with Crippen LogP contribution in [0.2, 0.25) is 0 Å². The van der Waals surface area contributed by atoms with Gasteiger partial charge in [-0.3, -0.25) is 9.88 Å². The van der Waals surface area contributed by atoms with Crippen molar-refractivity contribution in [2.75, 3.05) is 13.1 Å². The molecule has 1 saturated heterocycles. The summed E-state index contributed by atoms with van der Waals surface area (Å²) in [5.74, 6) is 0.305. The van der Waals surface area contributed by atoms with E-state index >= 15 is 0 Å². The molecule has 1 fully saturated rings. The van der Waals surface area contributed by atoms with Gasteiger partial charge in [-0.1, -0.05) is 36.4 Å². The molecular weight excluding hydrogens is 379 g/mol. The Morgan fingerprint density at radius 1 is 1.07 bits per heavy atom. The minimum Gasteiger partial charge on any atom is -0.454 e. The Bertz CT molecular complexity index is 1200. The second kappa shape index (κ2) is 7.84. The Labute approximate surface area is 174 Å². The number of likely N-dealkylation sites (tertiary alicyclic amines) is 1. The largest absolute Gasteiger partial charge is 0.454 e. The maximum absolute atomic E-state index is 14.8. The highest BCUT2D eigenvalue weighted by atomic mass is 19.1. The average molecular weight is 400 g/mol. The van der Waals surface area contributed by atoms with E-state index in [2.05, 4.69) is 22.0 Å². The van der Waals surface area contributed by atoms with E-state index in [4.69, 9.17) is 4.42 Å². The smallest absolute Gasteiger partial charge is 0.153 e. The van der Waals surface area contributed by atoms with E-state index in [1.165, 1.54) is 5.56 Å². The highest BCUT2D eigenvalue weighted by Gasteiger charge is 2.26. The molecule has 1 aliphatic heterocycles. The lowest BCUT2D eigenvalue weighted by Crippen LogP contribution is -2.46. The van der Waals surface area contributed by atoms with Crippen LogP contribution in [0, 0.1) is 11.7 Å². The molecule has 0 spiro atoms. The molecule has 0 radical (unpaired) electrons. The molecule has 0 bridgehead atoms. The van der Waals surface area contributed by atoms with E-state index < -0.39 is 0 Å². The van der Waals surface area contributed by atoms with E-state index in [0.29, 0.717) is 23.5 Å². The van der Waals surface area contributed by atoms with Crippen LogP contribution in [0.4, 0.5) is 4.39 Å². The summed E-state index contributed by atoms with van der Waals surface area (Å²) < 4.78 is 20.7. The molecule has 2 aromatic carbocycles. The third-order valence-corrected chi connectivity index (χ3v) is 5.57. The SMILES string of the molecule is O=CC1CN(Cc2ccc(-c3cc4cc(Cc5ccccc5)ncc4o3)c(F)c2)C1. The summed E-state index contributed by atoms with van der Waals surface area (Å²) in [4.78, 5) is 17.3. The van der Waals surface area contributed by atoms with E-state index in [9.17, 15) is 9.18 Å². The fourth-order valence-corrected chi connectivity index (χ4v) is 3.97. The number of carbonyl (C=O) groups excluding carboxylic acids is 1. The van der Waals surface area contributed by atoms with Crippen molar-refractivity contribution in [2.45, 2.75) is 13.0 Å². The number of furan rings is 1. The van der Waals surface area contributed by atoms with Crippen LogP contribution < -0.4 is 0 Å². The minimum atomic E-state index is -0.309. The fraction of sp³-hybridized carbons (Fsp3) is 0.200. The van der Waals surface area contributed by atoms with Crippen molar-refractivity contribution in [3.63, 3.8) is 0 Å². The lowest BCUT2D eigenvalue weighted by Gasteiger charge is -2.36. The number of aldehydes is 1. The number of carbonyl (C=O) groups is 1. The fourth-order valence-electron chi connectivity index (χ4n) is 3.97. The lowest BCUT2D eigenvalue weighted by atomic mass is 10.0. The van der Waals surface area contributed by atoms with Gasteiger partial charge in [0, 0.05) is 43.1 Å². The van der Waals surface area contributed by atoms with Crippen molar-refractivity contribution in [1.82, 2.24) is 9.88 Å². The molecule has 1 aliphatic rings. The maximum Gasteiger partial charge on any atom is 0.153 e. The number of benzene rings is 2. The Kier molecular flexibility index (Phi) is 4.89. The van der Waals surface area contributed by atoms with Gasteiger partial charge in [-0.25, -0.2) is 4.39 Å². The standard InChI is InChI=1S/C25H21FN2O2/c26-23-9-18(13-28-14-19(15-28)16-29)6-7-22(23)24-11-20-10-21(27-12-25(20)30-24)8-17-4-2-1-3-5-17/h1-7,9-12,16,19H,8,13-15H2. The summed E-state index contributed by atoms with van der Waals surface area (Å²) in [5.41, 5.74) is 4.11. The summed E-state index contributed by atoms with van der Waals surface area (Å²) in [5, 5.41) is 0.912. The van der Waals surface area contributed by atoms with Gasteiger partial charge in [-0.15, -0.1) is 0 Å². The second-order valence-electron chi connectivity index (χ2n) is 7.89. The second-order valence-corrected chi connectivity index (χ2v) is 7.89. The first-order valence-corrected chi connectivity index (χ1v) is 10.1. The van der Waals surface area contributed by atoms with Gasteiger partial charge in [0.15, 0.2) is 5.58 Å². The molecule has 0 saturated carbocycles. The zero-order valence-electron chi connectivity index (χ0n) is 16.4. The average Bonchev–Trinajstić information content (AvgIpc) is 3.14. The Morgan fingerprint density at radius 2 is 1.90 bits per heavy atom. The highest BCUT2D eigenvalue weighted by Crippen LogP contribution is 2.31. The molecular formula is C25H21FN2O2. The maximum atomic E-state index is 14.8. The number of hydrogen-bond acceptors (Lipinski definition) is 4. The lowest BCUT2D eigenvalue weighted by molar-refractivity contribution is -0.115. The minimum absolute atomic E-state index is 0.116. The van der Waals surface area contributed by atoms with Gasteiger partial charge in [0.1, 0.15) is 17.9 Å². The van der Waals surface area contributed by atoms with Crippen LogP contribution in [0.25, 0.3) is 22.3 Å². The molecule has 0 amide bonds. The molecule has 0 aliphatic carbocycles. The quantitative estimate of drug-likeness (QED) is 0.434. The van der Waals surface area contributed by atoms with Crippen LogP contribution in [0.3, 0.4) is 0 Å². The van der Waals surface area contributed by atoms with Crippen molar-refractivity contribution < 1.29 is 13.6 Å². The topological polar surface area (TPSA) is 46.3 Å². The van der Waals surface area contributed by atoms with Gasteiger partial charge in [-0.05, 0) is 35.4 Å². The third kappa shape index (κ3) is 3.76. The number of halogens is 1. The van der Waals surface area contributed by atoms with Crippen LogP contribution in [0.1, 0.15) is 16.8 Å². The molecule has 3 heterocycles. The van der Waals surface area contributed by atoms with Crippen molar-refractivity contribution in [3.05, 3.63) is 89.5 Å². The van der Waals surface area contributed by atoms with Gasteiger partial charge in [0.25, 0.3) is 0 Å². The zero-order chi connectivity index (χ0) is 20.5. The predicted molar refractivity (Wildman–Crippen MR) is 113 cm³/mol. The van der Waals surface area contributed by atoms with Gasteiger partial charge in [0.2, 0.25) is 0 Å². The first-order valence-electron chi connectivity index (χ1n) is 10.1. The van der Waals surface area contributed by atoms with E-state index in [1.807, 2.05) is 36.4 Å². The van der Waals surface area contributed by atoms with Crippen LogP contribution in [0.5, 0.6) is 0 Å². The van der Waals surface area contributed by atoms with Gasteiger partial charge in [0.05, 0.1) is 11.8 Å².